The zero-order valence-corrected chi connectivity index (χ0v) is 12.0. The van der Waals surface area contributed by atoms with Crippen molar-refractivity contribution in [1.82, 2.24) is 9.97 Å². The molecule has 2 aromatic rings. The van der Waals surface area contributed by atoms with Gasteiger partial charge in [-0.25, -0.2) is 14.4 Å². The lowest BCUT2D eigenvalue weighted by atomic mass is 9.82. The summed E-state index contributed by atoms with van der Waals surface area (Å²) < 4.78 is 13.8. The van der Waals surface area contributed by atoms with Gasteiger partial charge in [0.25, 0.3) is 0 Å². The quantitative estimate of drug-likeness (QED) is 0.869. The van der Waals surface area contributed by atoms with Crippen molar-refractivity contribution in [1.29, 1.82) is 0 Å². The van der Waals surface area contributed by atoms with Crippen LogP contribution in [0, 0.1) is 5.82 Å². The first-order chi connectivity index (χ1) is 9.54. The summed E-state index contributed by atoms with van der Waals surface area (Å²) in [6.07, 6.45) is 2.44. The first-order valence-corrected chi connectivity index (χ1v) is 6.93. The average molecular weight is 336 g/mol. The van der Waals surface area contributed by atoms with E-state index >= 15 is 0 Å². The molecule has 2 N–H and O–H groups in total. The van der Waals surface area contributed by atoms with Crippen molar-refractivity contribution in [3.8, 4) is 0 Å². The molecule has 0 amide bonds. The van der Waals surface area contributed by atoms with Crippen molar-refractivity contribution in [2.24, 2.45) is 0 Å². The SMILES string of the molecule is Nc1ncc2c(n1)CC(c1ccc(F)cc1Br)CC2=O. The van der Waals surface area contributed by atoms with Gasteiger partial charge in [0, 0.05) is 17.1 Å². The monoisotopic (exact) mass is 335 g/mol. The number of carbonyl (C=O) groups is 1. The van der Waals surface area contributed by atoms with Gasteiger partial charge in [-0.3, -0.25) is 4.79 Å². The Kier molecular flexibility index (Phi) is 3.25. The van der Waals surface area contributed by atoms with Gasteiger partial charge < -0.3 is 5.73 Å². The Balaban J connectivity index is 2.00. The molecule has 1 aromatic carbocycles. The Labute approximate surface area is 123 Å². The summed E-state index contributed by atoms with van der Waals surface area (Å²) >= 11 is 3.35. The normalized spacial score (nSPS) is 17.9. The Hall–Kier alpha value is -1.82. The lowest BCUT2D eigenvalue weighted by molar-refractivity contribution is 0.0962. The van der Waals surface area contributed by atoms with Gasteiger partial charge >= 0.3 is 0 Å². The number of nitrogens with two attached hydrogens (primary N) is 1. The van der Waals surface area contributed by atoms with E-state index in [-0.39, 0.29) is 23.5 Å². The van der Waals surface area contributed by atoms with E-state index in [1.165, 1.54) is 18.3 Å². The molecule has 4 nitrogen and oxygen atoms in total. The number of hydrogen-bond donors (Lipinski definition) is 1. The smallest absolute Gasteiger partial charge is 0.220 e. The Bertz CT molecular complexity index is 705. The van der Waals surface area contributed by atoms with Gasteiger partial charge in [-0.05, 0) is 30.0 Å². The molecule has 0 radical (unpaired) electrons. The van der Waals surface area contributed by atoms with Gasteiger partial charge in [0.1, 0.15) is 5.82 Å². The highest BCUT2D eigenvalue weighted by molar-refractivity contribution is 9.10. The van der Waals surface area contributed by atoms with Gasteiger partial charge in [0.15, 0.2) is 5.78 Å². The number of fused-ring (bicyclic) bond motifs is 1. The summed E-state index contributed by atoms with van der Waals surface area (Å²) in [5.41, 5.74) is 7.67. The number of aromatic nitrogens is 2. The van der Waals surface area contributed by atoms with Crippen LogP contribution in [0.5, 0.6) is 0 Å². The minimum absolute atomic E-state index is 0.00697. The van der Waals surface area contributed by atoms with Gasteiger partial charge in [0.2, 0.25) is 5.95 Å². The second kappa shape index (κ2) is 4.94. The topological polar surface area (TPSA) is 68.9 Å². The number of ketones is 1. The maximum atomic E-state index is 13.1. The van der Waals surface area contributed by atoms with Crippen LogP contribution in [0.25, 0.3) is 0 Å². The third-order valence-electron chi connectivity index (χ3n) is 3.46. The molecule has 0 aliphatic heterocycles. The van der Waals surface area contributed by atoms with E-state index in [9.17, 15) is 9.18 Å². The fourth-order valence-corrected chi connectivity index (χ4v) is 3.19. The van der Waals surface area contributed by atoms with Crippen LogP contribution in [-0.4, -0.2) is 15.8 Å². The number of nitrogens with zero attached hydrogens (tertiary/aromatic N) is 2. The molecule has 0 saturated heterocycles. The molecule has 0 spiro atoms. The minimum Gasteiger partial charge on any atom is -0.368 e. The maximum Gasteiger partial charge on any atom is 0.220 e. The Morgan fingerprint density at radius 3 is 2.90 bits per heavy atom. The van der Waals surface area contributed by atoms with Crippen molar-refractivity contribution in [2.45, 2.75) is 18.8 Å². The van der Waals surface area contributed by atoms with E-state index in [1.54, 1.807) is 6.07 Å². The number of benzene rings is 1. The Morgan fingerprint density at radius 2 is 2.15 bits per heavy atom. The van der Waals surface area contributed by atoms with E-state index in [0.29, 0.717) is 28.6 Å². The highest BCUT2D eigenvalue weighted by atomic mass is 79.9. The fourth-order valence-electron chi connectivity index (χ4n) is 2.51. The number of rotatable bonds is 1. The zero-order chi connectivity index (χ0) is 14.3. The van der Waals surface area contributed by atoms with Crippen LogP contribution in [-0.2, 0) is 6.42 Å². The second-order valence-corrected chi connectivity index (χ2v) is 5.64. The summed E-state index contributed by atoms with van der Waals surface area (Å²) in [5.74, 6) is -0.183. The molecule has 0 saturated carbocycles. The molecule has 1 atom stereocenters. The van der Waals surface area contributed by atoms with Crippen LogP contribution >= 0.6 is 15.9 Å². The maximum absolute atomic E-state index is 13.1. The van der Waals surface area contributed by atoms with E-state index in [2.05, 4.69) is 25.9 Å². The van der Waals surface area contributed by atoms with Crippen molar-refractivity contribution in [2.75, 3.05) is 5.73 Å². The van der Waals surface area contributed by atoms with Crippen LogP contribution in [0.1, 0.15) is 34.0 Å². The van der Waals surface area contributed by atoms with Crippen molar-refractivity contribution in [3.63, 3.8) is 0 Å². The van der Waals surface area contributed by atoms with Gasteiger partial charge in [0.05, 0.1) is 11.3 Å². The van der Waals surface area contributed by atoms with Crippen LogP contribution in [0.2, 0.25) is 0 Å². The van der Waals surface area contributed by atoms with E-state index in [4.69, 9.17) is 5.73 Å². The Morgan fingerprint density at radius 1 is 1.35 bits per heavy atom. The lowest BCUT2D eigenvalue weighted by Crippen LogP contribution is -2.21. The standard InChI is InChI=1S/C14H11BrFN3O/c15-11-5-8(16)1-2-9(11)7-3-12-10(13(20)4-7)6-18-14(17)19-12/h1-2,5-7H,3-4H2,(H2,17,18,19). The zero-order valence-electron chi connectivity index (χ0n) is 10.4. The predicted octanol–water partition coefficient (Wildman–Crippen LogP) is 2.87. The molecule has 6 heteroatoms. The number of nitrogen functional groups attached to an aromatic ring is 1. The van der Waals surface area contributed by atoms with Crippen molar-refractivity contribution < 1.29 is 9.18 Å². The molecular formula is C14H11BrFN3O. The summed E-state index contributed by atoms with van der Waals surface area (Å²) in [6.45, 7) is 0. The number of anilines is 1. The molecule has 0 bridgehead atoms. The van der Waals surface area contributed by atoms with Crippen LogP contribution in [0.4, 0.5) is 10.3 Å². The molecule has 20 heavy (non-hydrogen) atoms. The van der Waals surface area contributed by atoms with Crippen molar-refractivity contribution in [3.05, 3.63) is 51.5 Å². The molecule has 1 unspecified atom stereocenters. The minimum atomic E-state index is -0.310. The molecule has 1 heterocycles. The second-order valence-electron chi connectivity index (χ2n) is 4.78. The summed E-state index contributed by atoms with van der Waals surface area (Å²) in [4.78, 5) is 20.1. The summed E-state index contributed by atoms with van der Waals surface area (Å²) in [7, 11) is 0. The number of halogens is 2. The van der Waals surface area contributed by atoms with Crippen molar-refractivity contribution >= 4 is 27.7 Å². The highest BCUT2D eigenvalue weighted by Gasteiger charge is 2.28. The number of carbonyl (C=O) groups excluding carboxylic acids is 1. The first kappa shape index (κ1) is 13.2. The van der Waals surface area contributed by atoms with Gasteiger partial charge in [-0.2, -0.15) is 0 Å². The van der Waals surface area contributed by atoms with Gasteiger partial charge in [-0.15, -0.1) is 0 Å². The molecular weight excluding hydrogens is 325 g/mol. The number of hydrogen-bond acceptors (Lipinski definition) is 4. The van der Waals surface area contributed by atoms with E-state index < -0.39 is 0 Å². The van der Waals surface area contributed by atoms with E-state index in [1.807, 2.05) is 0 Å². The summed E-state index contributed by atoms with van der Waals surface area (Å²) in [6, 6.07) is 4.50. The molecule has 1 aliphatic rings. The van der Waals surface area contributed by atoms with Crippen LogP contribution in [0.15, 0.2) is 28.9 Å². The predicted molar refractivity (Wildman–Crippen MR) is 75.9 cm³/mol. The molecule has 1 aromatic heterocycles. The third kappa shape index (κ3) is 2.31. The molecule has 1 aliphatic carbocycles. The molecule has 0 fully saturated rings. The largest absolute Gasteiger partial charge is 0.368 e. The molecule has 102 valence electrons. The third-order valence-corrected chi connectivity index (χ3v) is 4.15. The lowest BCUT2D eigenvalue weighted by Gasteiger charge is -2.23. The number of Topliss-reactive ketones (excluding diaryl/α,β-unsaturated/α-hetero) is 1. The highest BCUT2D eigenvalue weighted by Crippen LogP contribution is 2.35. The van der Waals surface area contributed by atoms with Gasteiger partial charge in [-0.1, -0.05) is 22.0 Å². The average Bonchev–Trinajstić information content (AvgIpc) is 2.37. The van der Waals surface area contributed by atoms with Crippen LogP contribution < -0.4 is 5.73 Å². The summed E-state index contributed by atoms with van der Waals surface area (Å²) in [5, 5.41) is 0. The molecule has 3 rings (SSSR count). The van der Waals surface area contributed by atoms with E-state index in [0.717, 1.165) is 5.56 Å². The van der Waals surface area contributed by atoms with Crippen LogP contribution in [0.3, 0.4) is 0 Å². The fraction of sp³-hybridized carbons (Fsp3) is 0.214. The first-order valence-electron chi connectivity index (χ1n) is 6.14.